The van der Waals surface area contributed by atoms with Gasteiger partial charge in [0.25, 0.3) is 0 Å². The van der Waals surface area contributed by atoms with Crippen LogP contribution in [0.15, 0.2) is 11.8 Å². The number of methoxy groups -OCH3 is 1. The topological polar surface area (TPSA) is 55.8 Å². The van der Waals surface area contributed by atoms with Crippen LogP contribution in [0.3, 0.4) is 0 Å². The van der Waals surface area contributed by atoms with Crippen molar-refractivity contribution in [2.24, 2.45) is 5.92 Å². The van der Waals surface area contributed by atoms with Crippen molar-refractivity contribution in [2.45, 2.75) is 39.7 Å². The minimum atomic E-state index is -0.582. The van der Waals surface area contributed by atoms with Crippen LogP contribution < -0.4 is 0 Å². The van der Waals surface area contributed by atoms with E-state index in [1.165, 1.54) is 12.0 Å². The molecule has 0 aromatic heterocycles. The molecule has 1 unspecified atom stereocenters. The second-order valence-corrected chi connectivity index (χ2v) is 5.44. The van der Waals surface area contributed by atoms with Crippen LogP contribution in [-0.2, 0) is 14.3 Å². The van der Waals surface area contributed by atoms with Crippen molar-refractivity contribution in [1.29, 1.82) is 0 Å². The van der Waals surface area contributed by atoms with Gasteiger partial charge in [0.15, 0.2) is 0 Å². The van der Waals surface area contributed by atoms with Gasteiger partial charge in [-0.1, -0.05) is 13.0 Å². The molecule has 0 radical (unpaired) electrons. The fourth-order valence-electron chi connectivity index (χ4n) is 1.69. The van der Waals surface area contributed by atoms with E-state index in [4.69, 9.17) is 9.47 Å². The molecule has 1 rings (SSSR count). The zero-order valence-electron chi connectivity index (χ0n) is 11.6. The number of allylic oxidation sites excluding steroid dienone is 1. The van der Waals surface area contributed by atoms with Crippen LogP contribution in [0.25, 0.3) is 0 Å². The van der Waals surface area contributed by atoms with Gasteiger partial charge in [-0.3, -0.25) is 4.90 Å². The Bertz CT molecular complexity index is 368. The molecule has 0 bridgehead atoms. The highest BCUT2D eigenvalue weighted by Crippen LogP contribution is 2.23. The van der Waals surface area contributed by atoms with Gasteiger partial charge in [0.05, 0.1) is 7.11 Å². The highest BCUT2D eigenvalue weighted by atomic mass is 16.6. The molecular weight excluding hydrogens is 234 g/mol. The number of ether oxygens (including phenoxy) is 2. The normalized spacial score (nSPS) is 20.2. The molecule has 0 N–H and O–H groups in total. The summed E-state index contributed by atoms with van der Waals surface area (Å²) in [6.45, 7) is 7.84. The van der Waals surface area contributed by atoms with E-state index in [1.54, 1.807) is 26.8 Å². The summed E-state index contributed by atoms with van der Waals surface area (Å²) in [7, 11) is 1.30. The Balaban J connectivity index is 2.89. The molecule has 0 aliphatic carbocycles. The quantitative estimate of drug-likeness (QED) is 0.675. The monoisotopic (exact) mass is 255 g/mol. The van der Waals surface area contributed by atoms with Crippen LogP contribution in [0.1, 0.15) is 34.1 Å². The standard InChI is InChI=1S/C13H21NO4/c1-9-6-7-14(10(8-9)11(15)17-5)12(16)18-13(2,3)4/h8-9H,6-7H2,1-5H3. The first-order valence-corrected chi connectivity index (χ1v) is 6.05. The molecule has 1 aliphatic heterocycles. The van der Waals surface area contributed by atoms with Gasteiger partial charge in [0.2, 0.25) is 0 Å². The van der Waals surface area contributed by atoms with Gasteiger partial charge in [-0.15, -0.1) is 0 Å². The van der Waals surface area contributed by atoms with Crippen LogP contribution in [0.5, 0.6) is 0 Å². The molecule has 0 fully saturated rings. The summed E-state index contributed by atoms with van der Waals surface area (Å²) in [6, 6.07) is 0. The van der Waals surface area contributed by atoms with Gasteiger partial charge in [-0.05, 0) is 33.1 Å². The summed E-state index contributed by atoms with van der Waals surface area (Å²) < 4.78 is 9.97. The summed E-state index contributed by atoms with van der Waals surface area (Å²) in [4.78, 5) is 25.0. The van der Waals surface area contributed by atoms with E-state index in [2.05, 4.69) is 0 Å². The number of carbonyl (C=O) groups is 2. The number of hydrogen-bond acceptors (Lipinski definition) is 4. The van der Waals surface area contributed by atoms with Crippen LogP contribution in [0, 0.1) is 5.92 Å². The maximum atomic E-state index is 12.0. The molecule has 18 heavy (non-hydrogen) atoms. The lowest BCUT2D eigenvalue weighted by Gasteiger charge is -2.31. The highest BCUT2D eigenvalue weighted by molar-refractivity contribution is 5.92. The van der Waals surface area contributed by atoms with Crippen molar-refractivity contribution in [3.05, 3.63) is 11.8 Å². The van der Waals surface area contributed by atoms with E-state index in [0.29, 0.717) is 6.54 Å². The summed E-state index contributed by atoms with van der Waals surface area (Å²) >= 11 is 0. The smallest absolute Gasteiger partial charge is 0.415 e. The van der Waals surface area contributed by atoms with E-state index in [0.717, 1.165) is 6.42 Å². The number of carbonyl (C=O) groups excluding carboxylic acids is 2. The first-order chi connectivity index (χ1) is 8.24. The average Bonchev–Trinajstić information content (AvgIpc) is 2.25. The van der Waals surface area contributed by atoms with Gasteiger partial charge >= 0.3 is 12.1 Å². The van der Waals surface area contributed by atoms with Crippen LogP contribution in [0.4, 0.5) is 4.79 Å². The first-order valence-electron chi connectivity index (χ1n) is 6.05. The second kappa shape index (κ2) is 5.42. The third kappa shape index (κ3) is 3.75. The Labute approximate surface area is 108 Å². The van der Waals surface area contributed by atoms with Gasteiger partial charge in [-0.2, -0.15) is 0 Å². The van der Waals surface area contributed by atoms with Gasteiger partial charge in [0, 0.05) is 6.54 Å². The molecule has 1 aliphatic rings. The van der Waals surface area contributed by atoms with E-state index in [9.17, 15) is 9.59 Å². The van der Waals surface area contributed by atoms with E-state index >= 15 is 0 Å². The fourth-order valence-corrected chi connectivity index (χ4v) is 1.69. The van der Waals surface area contributed by atoms with Gasteiger partial charge in [0.1, 0.15) is 11.3 Å². The molecule has 0 aromatic rings. The van der Waals surface area contributed by atoms with E-state index in [-0.39, 0.29) is 11.6 Å². The SMILES string of the molecule is COC(=O)C1=CC(C)CCN1C(=O)OC(C)(C)C. The third-order valence-electron chi connectivity index (χ3n) is 2.55. The highest BCUT2D eigenvalue weighted by Gasteiger charge is 2.31. The molecule has 1 amide bonds. The molecule has 0 spiro atoms. The predicted molar refractivity (Wildman–Crippen MR) is 66.8 cm³/mol. The molecule has 5 nitrogen and oxygen atoms in total. The summed E-state index contributed by atoms with van der Waals surface area (Å²) in [5.41, 5.74) is -0.313. The van der Waals surface area contributed by atoms with Crippen LogP contribution in [-0.4, -0.2) is 36.2 Å². The van der Waals surface area contributed by atoms with Crippen molar-refractivity contribution in [1.82, 2.24) is 4.90 Å². The lowest BCUT2D eigenvalue weighted by molar-refractivity contribution is -0.138. The van der Waals surface area contributed by atoms with Crippen LogP contribution in [0.2, 0.25) is 0 Å². The average molecular weight is 255 g/mol. The molecule has 0 aromatic carbocycles. The zero-order valence-corrected chi connectivity index (χ0v) is 11.6. The van der Waals surface area contributed by atoms with E-state index in [1.807, 2.05) is 6.92 Å². The van der Waals surface area contributed by atoms with Crippen LogP contribution >= 0.6 is 0 Å². The minimum absolute atomic E-state index is 0.248. The largest absolute Gasteiger partial charge is 0.464 e. The second-order valence-electron chi connectivity index (χ2n) is 5.44. The molecule has 5 heteroatoms. The Kier molecular flexibility index (Phi) is 4.38. The molecule has 1 atom stereocenters. The number of amides is 1. The Morgan fingerprint density at radius 3 is 2.50 bits per heavy atom. The first kappa shape index (κ1) is 14.5. The van der Waals surface area contributed by atoms with Gasteiger partial charge < -0.3 is 9.47 Å². The Morgan fingerprint density at radius 1 is 1.39 bits per heavy atom. The summed E-state index contributed by atoms with van der Waals surface area (Å²) in [6.07, 6.45) is 2.05. The zero-order chi connectivity index (χ0) is 13.9. The van der Waals surface area contributed by atoms with Crippen molar-refractivity contribution in [2.75, 3.05) is 13.7 Å². The third-order valence-corrected chi connectivity index (χ3v) is 2.55. The van der Waals surface area contributed by atoms with Crippen molar-refractivity contribution >= 4 is 12.1 Å². The minimum Gasteiger partial charge on any atom is -0.464 e. The lowest BCUT2D eigenvalue weighted by Crippen LogP contribution is -2.41. The number of nitrogens with zero attached hydrogens (tertiary/aromatic N) is 1. The Hall–Kier alpha value is -1.52. The summed E-state index contributed by atoms with van der Waals surface area (Å²) in [5.74, 6) is -0.259. The maximum Gasteiger partial charge on any atom is 0.415 e. The van der Waals surface area contributed by atoms with Crippen molar-refractivity contribution in [3.8, 4) is 0 Å². The molecule has 102 valence electrons. The number of esters is 1. The van der Waals surface area contributed by atoms with Crippen molar-refractivity contribution in [3.63, 3.8) is 0 Å². The van der Waals surface area contributed by atoms with Gasteiger partial charge in [-0.25, -0.2) is 9.59 Å². The fraction of sp³-hybridized carbons (Fsp3) is 0.692. The lowest BCUT2D eigenvalue weighted by atomic mass is 10.0. The Morgan fingerprint density at radius 2 is 2.00 bits per heavy atom. The molecule has 1 heterocycles. The molecular formula is C13H21NO4. The van der Waals surface area contributed by atoms with E-state index < -0.39 is 17.7 Å². The van der Waals surface area contributed by atoms with Crippen molar-refractivity contribution < 1.29 is 19.1 Å². The predicted octanol–water partition coefficient (Wildman–Crippen LogP) is 2.32. The molecule has 0 saturated carbocycles. The number of hydrogen-bond donors (Lipinski definition) is 0. The number of rotatable bonds is 1. The summed E-state index contributed by atoms with van der Waals surface area (Å²) in [5, 5.41) is 0. The maximum absolute atomic E-state index is 12.0. The molecule has 0 saturated heterocycles.